The van der Waals surface area contributed by atoms with Crippen LogP contribution >= 0.6 is 11.8 Å². The van der Waals surface area contributed by atoms with E-state index in [1.165, 1.54) is 30.8 Å². The number of ketones is 1. The molecule has 0 fully saturated rings. The third-order valence-corrected chi connectivity index (χ3v) is 4.75. The van der Waals surface area contributed by atoms with E-state index < -0.39 is 0 Å². The molecule has 0 bridgehead atoms. The van der Waals surface area contributed by atoms with Crippen LogP contribution in [0.25, 0.3) is 11.4 Å². The molecule has 0 aliphatic heterocycles. The number of Topliss-reactive ketones (excluding diaryl/α,β-unsaturated/α-hetero) is 1. The highest BCUT2D eigenvalue weighted by Gasteiger charge is 2.09. The number of rotatable bonds is 6. The highest BCUT2D eigenvalue weighted by atomic mass is 32.2. The van der Waals surface area contributed by atoms with Crippen LogP contribution in [0.3, 0.4) is 0 Å². The zero-order valence-electron chi connectivity index (χ0n) is 15.4. The highest BCUT2D eigenvalue weighted by Crippen LogP contribution is 2.22. The summed E-state index contributed by atoms with van der Waals surface area (Å²) in [6.07, 6.45) is 0. The largest absolute Gasteiger partial charge is 0.325 e. The summed E-state index contributed by atoms with van der Waals surface area (Å²) in [5, 5.41) is 3.42. The Balaban J connectivity index is 1.65. The SMILES string of the molecule is CC(=O)c1ccc(NC(=O)CSc2cc(C)nc(-c3cccc(F)c3)n2)cc1. The predicted molar refractivity (Wildman–Crippen MR) is 108 cm³/mol. The topological polar surface area (TPSA) is 72.0 Å². The monoisotopic (exact) mass is 395 g/mol. The van der Waals surface area contributed by atoms with Crippen LogP contribution in [0.5, 0.6) is 0 Å². The number of benzene rings is 2. The summed E-state index contributed by atoms with van der Waals surface area (Å²) in [7, 11) is 0. The second kappa shape index (κ2) is 8.75. The van der Waals surface area contributed by atoms with Gasteiger partial charge in [-0.3, -0.25) is 9.59 Å². The van der Waals surface area contributed by atoms with Crippen molar-refractivity contribution in [3.05, 3.63) is 71.7 Å². The molecule has 1 N–H and O–H groups in total. The molecule has 0 aliphatic rings. The molecule has 2 aromatic carbocycles. The molecule has 142 valence electrons. The van der Waals surface area contributed by atoms with Gasteiger partial charge in [0.15, 0.2) is 11.6 Å². The van der Waals surface area contributed by atoms with E-state index in [1.54, 1.807) is 42.5 Å². The molecule has 0 saturated heterocycles. The van der Waals surface area contributed by atoms with Gasteiger partial charge in [0.25, 0.3) is 0 Å². The van der Waals surface area contributed by atoms with E-state index in [4.69, 9.17) is 0 Å². The maximum Gasteiger partial charge on any atom is 0.234 e. The Morgan fingerprint density at radius 3 is 2.50 bits per heavy atom. The summed E-state index contributed by atoms with van der Waals surface area (Å²) >= 11 is 1.27. The van der Waals surface area contributed by atoms with Crippen LogP contribution in [0.1, 0.15) is 23.0 Å². The molecule has 1 aromatic heterocycles. The van der Waals surface area contributed by atoms with Gasteiger partial charge in [-0.25, -0.2) is 14.4 Å². The summed E-state index contributed by atoms with van der Waals surface area (Å²) in [5.41, 5.74) is 2.53. The van der Waals surface area contributed by atoms with Gasteiger partial charge in [-0.1, -0.05) is 23.9 Å². The van der Waals surface area contributed by atoms with Gasteiger partial charge in [-0.15, -0.1) is 0 Å². The predicted octanol–water partition coefficient (Wildman–Crippen LogP) is 4.52. The first kappa shape index (κ1) is 19.7. The van der Waals surface area contributed by atoms with E-state index in [0.717, 1.165) is 5.69 Å². The van der Waals surface area contributed by atoms with E-state index >= 15 is 0 Å². The van der Waals surface area contributed by atoms with E-state index in [9.17, 15) is 14.0 Å². The number of nitrogens with zero attached hydrogens (tertiary/aromatic N) is 2. The van der Waals surface area contributed by atoms with Gasteiger partial charge in [0.1, 0.15) is 10.8 Å². The van der Waals surface area contributed by atoms with E-state index in [1.807, 2.05) is 6.92 Å². The number of aryl methyl sites for hydroxylation is 1. The van der Waals surface area contributed by atoms with Crippen LogP contribution in [0.4, 0.5) is 10.1 Å². The molecule has 28 heavy (non-hydrogen) atoms. The van der Waals surface area contributed by atoms with Crippen LogP contribution in [-0.2, 0) is 4.79 Å². The smallest absolute Gasteiger partial charge is 0.234 e. The van der Waals surface area contributed by atoms with Gasteiger partial charge in [0, 0.05) is 22.5 Å². The van der Waals surface area contributed by atoms with Crippen molar-refractivity contribution < 1.29 is 14.0 Å². The number of halogens is 1. The Labute approximate surface area is 166 Å². The molecular formula is C21H18FN3O2S. The fourth-order valence-corrected chi connectivity index (χ4v) is 3.25. The maximum atomic E-state index is 13.5. The summed E-state index contributed by atoms with van der Waals surface area (Å²) < 4.78 is 13.5. The lowest BCUT2D eigenvalue weighted by Gasteiger charge is -2.07. The lowest BCUT2D eigenvalue weighted by Crippen LogP contribution is -2.14. The molecule has 0 unspecified atom stereocenters. The molecule has 1 amide bonds. The molecule has 0 atom stereocenters. The Morgan fingerprint density at radius 1 is 1.07 bits per heavy atom. The first-order valence-electron chi connectivity index (χ1n) is 8.56. The number of carbonyl (C=O) groups excluding carboxylic acids is 2. The Hall–Kier alpha value is -3.06. The molecule has 0 spiro atoms. The fraction of sp³-hybridized carbons (Fsp3) is 0.143. The second-order valence-electron chi connectivity index (χ2n) is 6.15. The average Bonchev–Trinajstić information content (AvgIpc) is 2.66. The van der Waals surface area contributed by atoms with Crippen molar-refractivity contribution in [2.75, 3.05) is 11.1 Å². The number of thioether (sulfide) groups is 1. The van der Waals surface area contributed by atoms with Crippen LogP contribution in [0, 0.1) is 12.7 Å². The Bertz CT molecular complexity index is 1020. The quantitative estimate of drug-likeness (QED) is 0.377. The van der Waals surface area contributed by atoms with Crippen molar-refractivity contribution in [2.24, 2.45) is 0 Å². The van der Waals surface area contributed by atoms with Crippen molar-refractivity contribution in [3.8, 4) is 11.4 Å². The highest BCUT2D eigenvalue weighted by molar-refractivity contribution is 7.99. The number of hydrogen-bond acceptors (Lipinski definition) is 5. The fourth-order valence-electron chi connectivity index (χ4n) is 2.50. The number of aromatic nitrogens is 2. The zero-order chi connectivity index (χ0) is 20.1. The van der Waals surface area contributed by atoms with Crippen molar-refractivity contribution >= 4 is 29.1 Å². The van der Waals surface area contributed by atoms with Crippen molar-refractivity contribution in [1.29, 1.82) is 0 Å². The number of amides is 1. The summed E-state index contributed by atoms with van der Waals surface area (Å²) in [6.45, 7) is 3.32. The van der Waals surface area contributed by atoms with Gasteiger partial charge in [-0.05, 0) is 56.3 Å². The molecular weight excluding hydrogens is 377 g/mol. The molecule has 0 saturated carbocycles. The number of anilines is 1. The lowest BCUT2D eigenvalue weighted by molar-refractivity contribution is -0.113. The van der Waals surface area contributed by atoms with Crippen molar-refractivity contribution in [1.82, 2.24) is 9.97 Å². The van der Waals surface area contributed by atoms with Gasteiger partial charge in [0.05, 0.1) is 5.75 Å². The van der Waals surface area contributed by atoms with Gasteiger partial charge in [-0.2, -0.15) is 0 Å². The zero-order valence-corrected chi connectivity index (χ0v) is 16.2. The van der Waals surface area contributed by atoms with Gasteiger partial charge in [0.2, 0.25) is 5.91 Å². The second-order valence-corrected chi connectivity index (χ2v) is 7.15. The summed E-state index contributed by atoms with van der Waals surface area (Å²) in [5.74, 6) is 0.00746. The van der Waals surface area contributed by atoms with Crippen molar-refractivity contribution in [3.63, 3.8) is 0 Å². The number of carbonyl (C=O) groups is 2. The Kier molecular flexibility index (Phi) is 6.16. The molecule has 3 rings (SSSR count). The first-order chi connectivity index (χ1) is 13.4. The molecule has 7 heteroatoms. The maximum absolute atomic E-state index is 13.5. The number of hydrogen-bond donors (Lipinski definition) is 1. The molecule has 1 heterocycles. The third-order valence-electron chi connectivity index (χ3n) is 3.84. The minimum absolute atomic E-state index is 0.0262. The molecule has 5 nitrogen and oxygen atoms in total. The van der Waals surface area contributed by atoms with Crippen LogP contribution in [0.15, 0.2) is 59.6 Å². The van der Waals surface area contributed by atoms with Crippen molar-refractivity contribution in [2.45, 2.75) is 18.9 Å². The molecule has 3 aromatic rings. The number of nitrogens with one attached hydrogen (secondary N) is 1. The van der Waals surface area contributed by atoms with Crippen LogP contribution < -0.4 is 5.32 Å². The third kappa shape index (κ3) is 5.23. The lowest BCUT2D eigenvalue weighted by atomic mass is 10.1. The summed E-state index contributed by atoms with van der Waals surface area (Å²) in [6, 6.07) is 14.6. The first-order valence-corrected chi connectivity index (χ1v) is 9.54. The van der Waals surface area contributed by atoms with E-state index in [0.29, 0.717) is 27.7 Å². The standard InChI is InChI=1S/C21H18FN3O2S/c1-13-10-20(25-21(23-13)16-4-3-5-17(22)11-16)28-12-19(27)24-18-8-6-15(7-9-18)14(2)26/h3-11H,12H2,1-2H3,(H,24,27). The average molecular weight is 395 g/mol. The normalized spacial score (nSPS) is 10.5. The minimum atomic E-state index is -0.355. The van der Waals surface area contributed by atoms with Crippen LogP contribution in [0.2, 0.25) is 0 Å². The summed E-state index contributed by atoms with van der Waals surface area (Å²) in [4.78, 5) is 32.3. The minimum Gasteiger partial charge on any atom is -0.325 e. The van der Waals surface area contributed by atoms with Gasteiger partial charge >= 0.3 is 0 Å². The molecule has 0 aliphatic carbocycles. The van der Waals surface area contributed by atoms with Gasteiger partial charge < -0.3 is 5.32 Å². The van der Waals surface area contributed by atoms with Crippen LogP contribution in [-0.4, -0.2) is 27.4 Å². The van der Waals surface area contributed by atoms with E-state index in [-0.39, 0.29) is 23.3 Å². The Morgan fingerprint density at radius 2 is 1.82 bits per heavy atom. The van der Waals surface area contributed by atoms with E-state index in [2.05, 4.69) is 15.3 Å². The molecule has 0 radical (unpaired) electrons.